The molecule has 2 rings (SSSR count). The summed E-state index contributed by atoms with van der Waals surface area (Å²) in [4.78, 5) is 11.7. The molecule has 0 fully saturated rings. The van der Waals surface area contributed by atoms with Crippen LogP contribution >= 0.6 is 0 Å². The average Bonchev–Trinajstić information content (AvgIpc) is 2.48. The average molecular weight is 250 g/mol. The molecular formula is C17H14O2. The van der Waals surface area contributed by atoms with Gasteiger partial charge in [0, 0.05) is 6.42 Å². The van der Waals surface area contributed by atoms with Gasteiger partial charge in [0.15, 0.2) is 0 Å². The third kappa shape index (κ3) is 3.46. The molecule has 0 N–H and O–H groups in total. The minimum absolute atomic E-state index is 0.260. The molecule has 2 nitrogen and oxygen atoms in total. The Labute approximate surface area is 113 Å². The quantitative estimate of drug-likeness (QED) is 0.471. The Hall–Kier alpha value is -2.53. The van der Waals surface area contributed by atoms with Crippen LogP contribution in [0.3, 0.4) is 0 Å². The lowest BCUT2D eigenvalue weighted by Gasteiger charge is -2.04. The van der Waals surface area contributed by atoms with Crippen molar-refractivity contribution in [2.24, 2.45) is 0 Å². The number of ether oxygens (including phenoxy) is 1. The summed E-state index contributed by atoms with van der Waals surface area (Å²) in [6.07, 6.45) is 5.53. The molecule has 0 aromatic heterocycles. The van der Waals surface area contributed by atoms with Gasteiger partial charge in [0.2, 0.25) is 0 Å². The summed E-state index contributed by atoms with van der Waals surface area (Å²) in [5.74, 6) is 2.09. The fraction of sp³-hybridized carbons (Fsp3) is 0.118. The number of esters is 1. The molecule has 0 aliphatic carbocycles. The summed E-state index contributed by atoms with van der Waals surface area (Å²) >= 11 is 0. The lowest BCUT2D eigenvalue weighted by molar-refractivity contribution is 0.0514. The lowest BCUT2D eigenvalue weighted by Crippen LogP contribution is -2.05. The van der Waals surface area contributed by atoms with Crippen molar-refractivity contribution in [3.63, 3.8) is 0 Å². The van der Waals surface area contributed by atoms with E-state index in [-0.39, 0.29) is 12.6 Å². The van der Waals surface area contributed by atoms with E-state index < -0.39 is 0 Å². The second-order valence-electron chi connectivity index (χ2n) is 4.03. The lowest BCUT2D eigenvalue weighted by atomic mass is 10.0. The zero-order valence-electron chi connectivity index (χ0n) is 10.5. The van der Waals surface area contributed by atoms with E-state index in [1.807, 2.05) is 42.5 Å². The van der Waals surface area contributed by atoms with E-state index in [1.165, 1.54) is 0 Å². The van der Waals surface area contributed by atoms with Gasteiger partial charge in [0.25, 0.3) is 0 Å². The Bertz CT molecular complexity index is 577. The molecule has 2 aromatic rings. The van der Waals surface area contributed by atoms with Gasteiger partial charge in [-0.05, 0) is 23.3 Å². The van der Waals surface area contributed by atoms with E-state index in [4.69, 9.17) is 11.2 Å². The molecule has 2 heteroatoms. The van der Waals surface area contributed by atoms with Crippen LogP contribution in [0.25, 0.3) is 11.1 Å². The Balaban J connectivity index is 2.07. The van der Waals surface area contributed by atoms with Crippen molar-refractivity contribution >= 4 is 5.97 Å². The molecule has 2 aromatic carbocycles. The monoisotopic (exact) mass is 250 g/mol. The maximum absolute atomic E-state index is 11.7. The van der Waals surface area contributed by atoms with E-state index in [0.29, 0.717) is 12.0 Å². The van der Waals surface area contributed by atoms with Crippen molar-refractivity contribution in [2.75, 3.05) is 6.61 Å². The summed E-state index contributed by atoms with van der Waals surface area (Å²) in [7, 11) is 0. The molecule has 0 radical (unpaired) electrons. The van der Waals surface area contributed by atoms with Gasteiger partial charge in [0.05, 0.1) is 5.56 Å². The normalized spacial score (nSPS) is 9.63. The van der Waals surface area contributed by atoms with E-state index >= 15 is 0 Å². The molecule has 0 amide bonds. The minimum atomic E-state index is -0.338. The standard InChI is InChI=1S/C17H14O2/c1-2-3-13-19-17(18)16-11-9-15(10-12-16)14-7-5-4-6-8-14/h1,4-12H,3,13H2. The van der Waals surface area contributed by atoms with Gasteiger partial charge in [-0.1, -0.05) is 42.5 Å². The van der Waals surface area contributed by atoms with Crippen LogP contribution in [-0.4, -0.2) is 12.6 Å². The highest BCUT2D eigenvalue weighted by atomic mass is 16.5. The number of carbonyl (C=O) groups is 1. The number of rotatable bonds is 4. The van der Waals surface area contributed by atoms with Crippen molar-refractivity contribution in [3.8, 4) is 23.5 Å². The van der Waals surface area contributed by atoms with Crippen LogP contribution in [0.4, 0.5) is 0 Å². The molecule has 0 heterocycles. The van der Waals surface area contributed by atoms with Crippen LogP contribution in [0.15, 0.2) is 54.6 Å². The number of carbonyl (C=O) groups excluding carboxylic acids is 1. The van der Waals surface area contributed by atoms with E-state index in [1.54, 1.807) is 12.1 Å². The van der Waals surface area contributed by atoms with Crippen LogP contribution in [-0.2, 0) is 4.74 Å². The highest BCUT2D eigenvalue weighted by Gasteiger charge is 2.06. The van der Waals surface area contributed by atoms with E-state index in [2.05, 4.69) is 5.92 Å². The number of terminal acetylenes is 1. The van der Waals surface area contributed by atoms with Gasteiger partial charge in [-0.3, -0.25) is 0 Å². The minimum Gasteiger partial charge on any atom is -0.461 e. The molecule has 94 valence electrons. The highest BCUT2D eigenvalue weighted by molar-refractivity contribution is 5.90. The summed E-state index contributed by atoms with van der Waals surface area (Å²) in [5.41, 5.74) is 2.73. The first-order valence-electron chi connectivity index (χ1n) is 6.07. The largest absolute Gasteiger partial charge is 0.461 e. The second kappa shape index (κ2) is 6.42. The fourth-order valence-corrected chi connectivity index (χ4v) is 1.72. The second-order valence-corrected chi connectivity index (χ2v) is 4.03. The smallest absolute Gasteiger partial charge is 0.338 e. The predicted molar refractivity (Wildman–Crippen MR) is 75.6 cm³/mol. The molecule has 0 saturated heterocycles. The van der Waals surface area contributed by atoms with Gasteiger partial charge in [-0.25, -0.2) is 4.79 Å². The predicted octanol–water partition coefficient (Wildman–Crippen LogP) is 3.53. The van der Waals surface area contributed by atoms with Gasteiger partial charge < -0.3 is 4.74 Å². The van der Waals surface area contributed by atoms with Crippen molar-refractivity contribution in [3.05, 3.63) is 60.2 Å². The van der Waals surface area contributed by atoms with E-state index in [0.717, 1.165) is 11.1 Å². The number of benzene rings is 2. The van der Waals surface area contributed by atoms with Crippen molar-refractivity contribution in [2.45, 2.75) is 6.42 Å². The molecule has 0 aliphatic heterocycles. The van der Waals surface area contributed by atoms with Crippen molar-refractivity contribution in [1.29, 1.82) is 0 Å². The summed E-state index contributed by atoms with van der Waals surface area (Å²) in [6, 6.07) is 17.3. The molecule has 0 saturated carbocycles. The van der Waals surface area contributed by atoms with Crippen LogP contribution < -0.4 is 0 Å². The summed E-state index contributed by atoms with van der Waals surface area (Å²) < 4.78 is 5.03. The fourth-order valence-electron chi connectivity index (χ4n) is 1.72. The topological polar surface area (TPSA) is 26.3 Å². The zero-order chi connectivity index (χ0) is 13.5. The Morgan fingerprint density at radius 2 is 1.63 bits per heavy atom. The zero-order valence-corrected chi connectivity index (χ0v) is 10.5. The number of hydrogen-bond acceptors (Lipinski definition) is 2. The van der Waals surface area contributed by atoms with Crippen molar-refractivity contribution < 1.29 is 9.53 Å². The molecule has 0 aliphatic rings. The molecule has 0 atom stereocenters. The van der Waals surface area contributed by atoms with Gasteiger partial charge >= 0.3 is 5.97 Å². The number of hydrogen-bond donors (Lipinski definition) is 0. The first kappa shape index (κ1) is 12.9. The third-order valence-electron chi connectivity index (χ3n) is 2.71. The Morgan fingerprint density at radius 1 is 1.00 bits per heavy atom. The first-order valence-corrected chi connectivity index (χ1v) is 6.07. The third-order valence-corrected chi connectivity index (χ3v) is 2.71. The maximum Gasteiger partial charge on any atom is 0.338 e. The van der Waals surface area contributed by atoms with Crippen LogP contribution in [0.2, 0.25) is 0 Å². The Morgan fingerprint density at radius 3 is 2.26 bits per heavy atom. The van der Waals surface area contributed by atoms with E-state index in [9.17, 15) is 4.79 Å². The van der Waals surface area contributed by atoms with Gasteiger partial charge in [-0.2, -0.15) is 0 Å². The van der Waals surface area contributed by atoms with Crippen molar-refractivity contribution in [1.82, 2.24) is 0 Å². The van der Waals surface area contributed by atoms with Crippen LogP contribution in [0.5, 0.6) is 0 Å². The van der Waals surface area contributed by atoms with Crippen LogP contribution in [0, 0.1) is 12.3 Å². The first-order chi connectivity index (χ1) is 9.31. The molecule has 0 spiro atoms. The van der Waals surface area contributed by atoms with Crippen LogP contribution in [0.1, 0.15) is 16.8 Å². The SMILES string of the molecule is C#CCCOC(=O)c1ccc(-c2ccccc2)cc1. The summed E-state index contributed by atoms with van der Waals surface area (Å²) in [6.45, 7) is 0.260. The molecule has 19 heavy (non-hydrogen) atoms. The Kier molecular flexibility index (Phi) is 4.36. The maximum atomic E-state index is 11.7. The molecular weight excluding hydrogens is 236 g/mol. The highest BCUT2D eigenvalue weighted by Crippen LogP contribution is 2.19. The summed E-state index contributed by atoms with van der Waals surface area (Å²) in [5, 5.41) is 0. The molecule has 0 unspecified atom stereocenters. The molecule has 0 bridgehead atoms. The van der Waals surface area contributed by atoms with Gasteiger partial charge in [-0.15, -0.1) is 12.3 Å². The van der Waals surface area contributed by atoms with Gasteiger partial charge in [0.1, 0.15) is 6.61 Å².